The van der Waals surface area contributed by atoms with Crippen molar-refractivity contribution in [1.82, 2.24) is 19.7 Å². The number of anilines is 1. The molecule has 0 spiro atoms. The first-order valence-electron chi connectivity index (χ1n) is 13.9. The first-order chi connectivity index (χ1) is 19.1. The Morgan fingerprint density at radius 3 is 2.65 bits per heavy atom. The lowest BCUT2D eigenvalue weighted by atomic mass is 9.58. The quantitative estimate of drug-likeness (QED) is 0.414. The van der Waals surface area contributed by atoms with Gasteiger partial charge in [0.25, 0.3) is 5.91 Å². The fourth-order valence-electron chi connectivity index (χ4n) is 6.82. The van der Waals surface area contributed by atoms with Gasteiger partial charge in [0.15, 0.2) is 0 Å². The number of fused-ring (bicyclic) bond motifs is 1. The second kappa shape index (κ2) is 9.99. The highest BCUT2D eigenvalue weighted by Gasteiger charge is 2.48. The summed E-state index contributed by atoms with van der Waals surface area (Å²) in [7, 11) is 1.92. The third-order valence-electron chi connectivity index (χ3n) is 8.73. The highest BCUT2D eigenvalue weighted by Crippen LogP contribution is 2.52. The number of benzene rings is 2. The van der Waals surface area contributed by atoms with Crippen LogP contribution < -0.4 is 4.90 Å². The van der Waals surface area contributed by atoms with Crippen LogP contribution in [0.1, 0.15) is 71.5 Å². The number of carbonyl (C=O) groups is 1. The number of halogens is 3. The highest BCUT2D eigenvalue weighted by molar-refractivity contribution is 6.10. The topological polar surface area (TPSA) is 63.5 Å². The monoisotopic (exact) mass is 553 g/mol. The summed E-state index contributed by atoms with van der Waals surface area (Å²) in [5.74, 6) is 0.962. The number of nitrogens with zero attached hydrogens (tertiary/aromatic N) is 5. The standard InChI is InChI=1S/C30H34F3N5O2/c1-4-23-16-37(8-9-40-23)15-20-10-24-25(26(11-20)30(31,32)33)17-38(27(24)39)22-7-5-6-21(12-22)29(13-19(2)14-29)28-35-34-18-36(28)3/h5-7,10-12,18-19,23H,4,8-9,13-17H2,1-3H3/t19-,23-,29+/m1/s1. The lowest BCUT2D eigenvalue weighted by Gasteiger charge is -2.46. The number of morpholine rings is 1. The van der Waals surface area contributed by atoms with Gasteiger partial charge in [-0.05, 0) is 66.1 Å². The predicted molar refractivity (Wildman–Crippen MR) is 144 cm³/mol. The third kappa shape index (κ3) is 4.60. The summed E-state index contributed by atoms with van der Waals surface area (Å²) in [6.45, 7) is 6.31. The molecule has 2 fully saturated rings. The molecule has 2 aliphatic heterocycles. The van der Waals surface area contributed by atoms with Crippen molar-refractivity contribution in [3.63, 3.8) is 0 Å². The van der Waals surface area contributed by atoms with Gasteiger partial charge in [0.1, 0.15) is 12.2 Å². The van der Waals surface area contributed by atoms with Crippen molar-refractivity contribution in [1.29, 1.82) is 0 Å². The zero-order valence-electron chi connectivity index (χ0n) is 23.0. The number of hydrogen-bond donors (Lipinski definition) is 0. The summed E-state index contributed by atoms with van der Waals surface area (Å²) >= 11 is 0. The van der Waals surface area contributed by atoms with Crippen molar-refractivity contribution in [2.45, 2.75) is 63.9 Å². The minimum absolute atomic E-state index is 0.0420. The number of carbonyl (C=O) groups excluding carboxylic acids is 1. The Labute approximate surface area is 231 Å². The maximum atomic E-state index is 14.3. The Hall–Kier alpha value is -3.24. The van der Waals surface area contributed by atoms with Crippen molar-refractivity contribution in [3.05, 3.63) is 76.4 Å². The van der Waals surface area contributed by atoms with E-state index >= 15 is 0 Å². The molecule has 0 bridgehead atoms. The van der Waals surface area contributed by atoms with Crippen LogP contribution in [-0.4, -0.2) is 51.4 Å². The lowest BCUT2D eigenvalue weighted by molar-refractivity contribution is -0.138. The van der Waals surface area contributed by atoms with Crippen molar-refractivity contribution in [2.24, 2.45) is 13.0 Å². The predicted octanol–water partition coefficient (Wildman–Crippen LogP) is 5.32. The van der Waals surface area contributed by atoms with Gasteiger partial charge in [0, 0.05) is 37.9 Å². The molecule has 1 amide bonds. The van der Waals surface area contributed by atoms with Gasteiger partial charge in [-0.1, -0.05) is 26.0 Å². The molecule has 3 aromatic rings. The molecular formula is C30H34F3N5O2. The van der Waals surface area contributed by atoms with Crippen LogP contribution in [0.3, 0.4) is 0 Å². The van der Waals surface area contributed by atoms with E-state index in [2.05, 4.69) is 22.0 Å². The molecule has 6 rings (SSSR count). The van der Waals surface area contributed by atoms with Crippen molar-refractivity contribution >= 4 is 11.6 Å². The molecule has 0 radical (unpaired) electrons. The van der Waals surface area contributed by atoms with Crippen LogP contribution in [0.2, 0.25) is 0 Å². The molecule has 10 heteroatoms. The molecule has 0 unspecified atom stereocenters. The van der Waals surface area contributed by atoms with E-state index in [9.17, 15) is 18.0 Å². The van der Waals surface area contributed by atoms with E-state index in [0.717, 1.165) is 30.7 Å². The Morgan fingerprint density at radius 1 is 1.18 bits per heavy atom. The van der Waals surface area contributed by atoms with E-state index < -0.39 is 17.6 Å². The van der Waals surface area contributed by atoms with Gasteiger partial charge in [-0.25, -0.2) is 0 Å². The second-order valence-electron chi connectivity index (χ2n) is 11.6. The Kier molecular flexibility index (Phi) is 6.73. The van der Waals surface area contributed by atoms with Crippen molar-refractivity contribution in [3.8, 4) is 0 Å². The molecule has 212 valence electrons. The smallest absolute Gasteiger partial charge is 0.376 e. The Bertz CT molecular complexity index is 1430. The van der Waals surface area contributed by atoms with Crippen LogP contribution in [0.15, 0.2) is 42.7 Å². The molecule has 7 nitrogen and oxygen atoms in total. The van der Waals surface area contributed by atoms with Crippen LogP contribution in [-0.2, 0) is 36.5 Å². The Balaban J connectivity index is 1.33. The van der Waals surface area contributed by atoms with Gasteiger partial charge >= 0.3 is 6.18 Å². The minimum atomic E-state index is -4.56. The fourth-order valence-corrected chi connectivity index (χ4v) is 6.82. The maximum Gasteiger partial charge on any atom is 0.416 e. The summed E-state index contributed by atoms with van der Waals surface area (Å²) < 4.78 is 50.5. The first-order valence-corrected chi connectivity index (χ1v) is 13.9. The van der Waals surface area contributed by atoms with E-state index in [1.165, 1.54) is 11.0 Å². The zero-order valence-corrected chi connectivity index (χ0v) is 23.0. The molecule has 0 N–H and O–H groups in total. The summed E-state index contributed by atoms with van der Waals surface area (Å²) in [6, 6.07) is 10.5. The van der Waals surface area contributed by atoms with Gasteiger partial charge in [-0.2, -0.15) is 13.2 Å². The van der Waals surface area contributed by atoms with E-state index in [1.54, 1.807) is 18.5 Å². The van der Waals surface area contributed by atoms with Crippen LogP contribution in [0.5, 0.6) is 0 Å². The van der Waals surface area contributed by atoms with Crippen LogP contribution in [0, 0.1) is 5.92 Å². The van der Waals surface area contributed by atoms with Crippen LogP contribution >= 0.6 is 0 Å². The number of aryl methyl sites for hydroxylation is 1. The van der Waals surface area contributed by atoms with E-state index in [4.69, 9.17) is 4.74 Å². The van der Waals surface area contributed by atoms with E-state index in [1.807, 2.05) is 36.7 Å². The molecule has 3 aliphatic rings. The number of amides is 1. The third-order valence-corrected chi connectivity index (χ3v) is 8.73. The molecule has 1 saturated heterocycles. The summed E-state index contributed by atoms with van der Waals surface area (Å²) in [4.78, 5) is 17.3. The van der Waals surface area contributed by atoms with Gasteiger partial charge in [-0.15, -0.1) is 10.2 Å². The molecule has 1 atom stereocenters. The minimum Gasteiger partial charge on any atom is -0.376 e. The zero-order chi connectivity index (χ0) is 28.2. The van der Waals surface area contributed by atoms with Gasteiger partial charge in [0.2, 0.25) is 0 Å². The van der Waals surface area contributed by atoms with Crippen LogP contribution in [0.25, 0.3) is 0 Å². The summed E-state index contributed by atoms with van der Waals surface area (Å²) in [5, 5.41) is 8.48. The second-order valence-corrected chi connectivity index (χ2v) is 11.6. The molecule has 1 aliphatic carbocycles. The molecule has 40 heavy (non-hydrogen) atoms. The van der Waals surface area contributed by atoms with E-state index in [-0.39, 0.29) is 29.2 Å². The number of hydrogen-bond acceptors (Lipinski definition) is 5. The fraction of sp³-hybridized carbons (Fsp3) is 0.500. The first kappa shape index (κ1) is 27.0. The summed E-state index contributed by atoms with van der Waals surface area (Å²) in [5.41, 5.74) is 1.20. The highest BCUT2D eigenvalue weighted by atomic mass is 19.4. The Morgan fingerprint density at radius 2 is 1.98 bits per heavy atom. The molecule has 2 aromatic carbocycles. The summed E-state index contributed by atoms with van der Waals surface area (Å²) in [6.07, 6.45) is -0.193. The normalized spacial score (nSPS) is 25.2. The average molecular weight is 554 g/mol. The van der Waals surface area contributed by atoms with Crippen molar-refractivity contribution < 1.29 is 22.7 Å². The SMILES string of the molecule is CC[C@@H]1CN(Cc2cc3c(c(C(F)(F)F)c2)CN(c2cccc([C@]4(c5nncn5C)C[C@@H](C)C4)c2)C3=O)CCO1. The number of ether oxygens (including phenoxy) is 1. The van der Waals surface area contributed by atoms with E-state index in [0.29, 0.717) is 43.4 Å². The van der Waals surface area contributed by atoms with Gasteiger partial charge in [-0.3, -0.25) is 9.69 Å². The molecular weight excluding hydrogens is 519 g/mol. The maximum absolute atomic E-state index is 14.3. The number of alkyl halides is 3. The number of aromatic nitrogens is 3. The molecule has 3 heterocycles. The molecule has 1 aromatic heterocycles. The largest absolute Gasteiger partial charge is 0.416 e. The van der Waals surface area contributed by atoms with Gasteiger partial charge < -0.3 is 14.2 Å². The average Bonchev–Trinajstić information content (AvgIpc) is 3.49. The number of rotatable bonds is 6. The molecule has 1 saturated carbocycles. The van der Waals surface area contributed by atoms with Crippen LogP contribution in [0.4, 0.5) is 18.9 Å². The van der Waals surface area contributed by atoms with Gasteiger partial charge in [0.05, 0.1) is 30.2 Å². The lowest BCUT2D eigenvalue weighted by Crippen LogP contribution is -2.43. The van der Waals surface area contributed by atoms with Crippen molar-refractivity contribution in [2.75, 3.05) is 24.6 Å².